The first kappa shape index (κ1) is 21.4. The van der Waals surface area contributed by atoms with Gasteiger partial charge in [-0.05, 0) is 54.8 Å². The SMILES string of the molecule is COCCCN1C(=O)C(=O)/C(=C(/O)c2ccc3c(c2)CC(C)O3)C1c1cccc(Cl)c1. The number of hydrogen-bond donors (Lipinski definition) is 1. The number of Topliss-reactive ketones (excluding diaryl/α,β-unsaturated/α-hetero) is 1. The standard InChI is InChI=1S/C24H24ClNO5/c1-14-11-17-12-16(7-8-19(17)31-14)22(27)20-21(15-5-3-6-18(25)13-15)26(9-4-10-30-2)24(29)23(20)28/h3,5-8,12-14,21,27H,4,9-11H2,1-2H3/b22-20+. The third-order valence-electron chi connectivity index (χ3n) is 5.62. The first-order valence-electron chi connectivity index (χ1n) is 10.2. The lowest BCUT2D eigenvalue weighted by Crippen LogP contribution is -2.31. The number of rotatable bonds is 6. The predicted octanol–water partition coefficient (Wildman–Crippen LogP) is 4.12. The van der Waals surface area contributed by atoms with E-state index in [2.05, 4.69) is 0 Å². The number of likely N-dealkylation sites (tertiary alicyclic amines) is 1. The third-order valence-corrected chi connectivity index (χ3v) is 5.86. The van der Waals surface area contributed by atoms with Gasteiger partial charge in [-0.2, -0.15) is 0 Å². The van der Waals surface area contributed by atoms with Gasteiger partial charge in [0.15, 0.2) is 0 Å². The number of hydrogen-bond acceptors (Lipinski definition) is 5. The fraction of sp³-hybridized carbons (Fsp3) is 0.333. The number of amides is 1. The Kier molecular flexibility index (Phi) is 6.03. The fourth-order valence-electron chi connectivity index (χ4n) is 4.24. The van der Waals surface area contributed by atoms with Crippen molar-refractivity contribution in [2.24, 2.45) is 0 Å². The van der Waals surface area contributed by atoms with E-state index >= 15 is 0 Å². The summed E-state index contributed by atoms with van der Waals surface area (Å²) < 4.78 is 10.8. The Bertz CT molecular complexity index is 1060. The Morgan fingerprint density at radius 3 is 2.81 bits per heavy atom. The lowest BCUT2D eigenvalue weighted by atomic mass is 9.94. The lowest BCUT2D eigenvalue weighted by molar-refractivity contribution is -0.140. The maximum absolute atomic E-state index is 13.0. The largest absolute Gasteiger partial charge is 0.507 e. The molecule has 2 atom stereocenters. The van der Waals surface area contributed by atoms with E-state index in [1.54, 1.807) is 43.5 Å². The van der Waals surface area contributed by atoms with Gasteiger partial charge in [0.1, 0.15) is 17.6 Å². The fourth-order valence-corrected chi connectivity index (χ4v) is 4.44. The number of benzene rings is 2. The highest BCUT2D eigenvalue weighted by Crippen LogP contribution is 2.41. The monoisotopic (exact) mass is 441 g/mol. The predicted molar refractivity (Wildman–Crippen MR) is 117 cm³/mol. The van der Waals surface area contributed by atoms with Crippen LogP contribution in [0.1, 0.15) is 36.1 Å². The average Bonchev–Trinajstić information content (AvgIpc) is 3.24. The quantitative estimate of drug-likeness (QED) is 0.316. The van der Waals surface area contributed by atoms with Crippen LogP contribution in [-0.4, -0.2) is 48.1 Å². The Morgan fingerprint density at radius 2 is 2.06 bits per heavy atom. The van der Waals surface area contributed by atoms with Crippen LogP contribution in [0.15, 0.2) is 48.0 Å². The van der Waals surface area contributed by atoms with Gasteiger partial charge in [-0.3, -0.25) is 9.59 Å². The lowest BCUT2D eigenvalue weighted by Gasteiger charge is -2.25. The summed E-state index contributed by atoms with van der Waals surface area (Å²) in [6.45, 7) is 2.75. The number of halogens is 1. The second-order valence-electron chi connectivity index (χ2n) is 7.85. The highest BCUT2D eigenvalue weighted by Gasteiger charge is 2.45. The minimum Gasteiger partial charge on any atom is -0.507 e. The summed E-state index contributed by atoms with van der Waals surface area (Å²) in [5, 5.41) is 11.7. The molecule has 0 spiro atoms. The molecule has 4 rings (SSSR count). The normalized spacial score (nSPS) is 22.0. The van der Waals surface area contributed by atoms with E-state index in [0.29, 0.717) is 35.7 Å². The third kappa shape index (κ3) is 4.05. The molecule has 2 heterocycles. The van der Waals surface area contributed by atoms with Gasteiger partial charge in [0, 0.05) is 37.3 Å². The molecule has 0 aliphatic carbocycles. The Morgan fingerprint density at radius 1 is 1.26 bits per heavy atom. The molecule has 0 saturated carbocycles. The smallest absolute Gasteiger partial charge is 0.295 e. The van der Waals surface area contributed by atoms with Crippen LogP contribution >= 0.6 is 11.6 Å². The topological polar surface area (TPSA) is 76.1 Å². The minimum absolute atomic E-state index is 0.0604. The number of aliphatic hydroxyl groups is 1. The van der Waals surface area contributed by atoms with E-state index in [-0.39, 0.29) is 17.4 Å². The number of carbonyl (C=O) groups excluding carboxylic acids is 2. The van der Waals surface area contributed by atoms with Gasteiger partial charge in [-0.1, -0.05) is 23.7 Å². The number of ketones is 1. The summed E-state index contributed by atoms with van der Waals surface area (Å²) >= 11 is 6.19. The van der Waals surface area contributed by atoms with Crippen LogP contribution in [0, 0.1) is 0 Å². The molecule has 1 N–H and O–H groups in total. The zero-order valence-electron chi connectivity index (χ0n) is 17.4. The van der Waals surface area contributed by atoms with Crippen LogP contribution < -0.4 is 4.74 Å². The molecule has 162 valence electrons. The highest BCUT2D eigenvalue weighted by atomic mass is 35.5. The highest BCUT2D eigenvalue weighted by molar-refractivity contribution is 6.46. The zero-order chi connectivity index (χ0) is 22.1. The maximum atomic E-state index is 13.0. The van der Waals surface area contributed by atoms with Crippen molar-refractivity contribution < 1.29 is 24.2 Å². The molecule has 1 saturated heterocycles. The molecule has 2 aromatic carbocycles. The minimum atomic E-state index is -0.723. The molecular formula is C24H24ClNO5. The molecular weight excluding hydrogens is 418 g/mol. The van der Waals surface area contributed by atoms with E-state index in [4.69, 9.17) is 21.1 Å². The summed E-state index contributed by atoms with van der Waals surface area (Å²) in [5.74, 6) is -0.763. The number of carbonyl (C=O) groups is 2. The second kappa shape index (κ2) is 8.73. The van der Waals surface area contributed by atoms with Gasteiger partial charge in [0.25, 0.3) is 11.7 Å². The van der Waals surface area contributed by atoms with Crippen LogP contribution in [-0.2, 0) is 20.7 Å². The Balaban J connectivity index is 1.80. The van der Waals surface area contributed by atoms with Crippen molar-refractivity contribution in [3.05, 3.63) is 69.8 Å². The van der Waals surface area contributed by atoms with Crippen LogP contribution in [0.2, 0.25) is 5.02 Å². The number of ether oxygens (including phenoxy) is 2. The van der Waals surface area contributed by atoms with E-state index in [1.165, 1.54) is 4.90 Å². The van der Waals surface area contributed by atoms with E-state index in [9.17, 15) is 14.7 Å². The summed E-state index contributed by atoms with van der Waals surface area (Å²) in [4.78, 5) is 27.4. The van der Waals surface area contributed by atoms with Gasteiger partial charge >= 0.3 is 0 Å². The van der Waals surface area contributed by atoms with E-state index in [1.807, 2.05) is 13.0 Å². The Labute approximate surface area is 186 Å². The number of nitrogens with zero attached hydrogens (tertiary/aromatic N) is 1. The van der Waals surface area contributed by atoms with Gasteiger partial charge in [0.2, 0.25) is 0 Å². The molecule has 0 bridgehead atoms. The summed E-state index contributed by atoms with van der Waals surface area (Å²) in [5.41, 5.74) is 2.18. The summed E-state index contributed by atoms with van der Waals surface area (Å²) in [7, 11) is 1.58. The van der Waals surface area contributed by atoms with Crippen LogP contribution in [0.25, 0.3) is 5.76 Å². The number of methoxy groups -OCH3 is 1. The van der Waals surface area contributed by atoms with Gasteiger partial charge < -0.3 is 19.5 Å². The number of fused-ring (bicyclic) bond motifs is 1. The second-order valence-corrected chi connectivity index (χ2v) is 8.29. The maximum Gasteiger partial charge on any atom is 0.295 e. The van der Waals surface area contributed by atoms with Crippen molar-refractivity contribution in [1.82, 2.24) is 4.90 Å². The van der Waals surface area contributed by atoms with Gasteiger partial charge in [-0.15, -0.1) is 0 Å². The van der Waals surface area contributed by atoms with E-state index < -0.39 is 17.7 Å². The molecule has 31 heavy (non-hydrogen) atoms. The first-order chi connectivity index (χ1) is 14.9. The van der Waals surface area contributed by atoms with Crippen molar-refractivity contribution in [2.75, 3.05) is 20.3 Å². The van der Waals surface area contributed by atoms with Crippen molar-refractivity contribution >= 4 is 29.1 Å². The van der Waals surface area contributed by atoms with Crippen molar-refractivity contribution in [2.45, 2.75) is 31.9 Å². The molecule has 1 amide bonds. The molecule has 1 fully saturated rings. The van der Waals surface area contributed by atoms with Crippen LogP contribution in [0.3, 0.4) is 0 Å². The summed E-state index contributed by atoms with van der Waals surface area (Å²) in [6, 6.07) is 11.6. The van der Waals surface area contributed by atoms with Crippen molar-refractivity contribution in [3.63, 3.8) is 0 Å². The van der Waals surface area contributed by atoms with Crippen LogP contribution in [0.4, 0.5) is 0 Å². The Hall–Kier alpha value is -2.83. The summed E-state index contributed by atoms with van der Waals surface area (Å²) in [6.07, 6.45) is 1.35. The number of aliphatic hydroxyl groups excluding tert-OH is 1. The van der Waals surface area contributed by atoms with Crippen LogP contribution in [0.5, 0.6) is 5.75 Å². The average molecular weight is 442 g/mol. The molecule has 2 unspecified atom stereocenters. The zero-order valence-corrected chi connectivity index (χ0v) is 18.2. The first-order valence-corrected chi connectivity index (χ1v) is 10.6. The van der Waals surface area contributed by atoms with Gasteiger partial charge in [0.05, 0.1) is 11.6 Å². The molecule has 2 aliphatic rings. The van der Waals surface area contributed by atoms with Gasteiger partial charge in [-0.25, -0.2) is 0 Å². The molecule has 2 aromatic rings. The van der Waals surface area contributed by atoms with Crippen molar-refractivity contribution in [1.29, 1.82) is 0 Å². The van der Waals surface area contributed by atoms with E-state index in [0.717, 1.165) is 17.7 Å². The molecule has 0 aromatic heterocycles. The molecule has 2 aliphatic heterocycles. The molecule has 7 heteroatoms. The van der Waals surface area contributed by atoms with Crippen molar-refractivity contribution in [3.8, 4) is 5.75 Å². The molecule has 0 radical (unpaired) electrons. The molecule has 6 nitrogen and oxygen atoms in total.